The molecule has 0 spiro atoms. The zero-order chi connectivity index (χ0) is 24.9. The molecule has 1 N–H and O–H groups in total. The number of nitrogens with zero attached hydrogens (tertiary/aromatic N) is 1. The number of carbonyl (C=O) groups is 2. The summed E-state index contributed by atoms with van der Waals surface area (Å²) in [5.41, 5.74) is 4.32. The van der Waals surface area contributed by atoms with E-state index in [-0.39, 0.29) is 11.8 Å². The third kappa shape index (κ3) is 5.54. The van der Waals surface area contributed by atoms with E-state index in [0.29, 0.717) is 28.6 Å². The van der Waals surface area contributed by atoms with Gasteiger partial charge >= 0.3 is 0 Å². The molecule has 0 saturated heterocycles. The molecule has 0 saturated carbocycles. The molecule has 5 rings (SSSR count). The van der Waals surface area contributed by atoms with Crippen molar-refractivity contribution in [1.82, 2.24) is 5.32 Å². The van der Waals surface area contributed by atoms with Crippen LogP contribution in [0.25, 0.3) is 6.08 Å². The average Bonchev–Trinajstić information content (AvgIpc) is 2.91. The summed E-state index contributed by atoms with van der Waals surface area (Å²) >= 11 is 7.63. The Morgan fingerprint density at radius 2 is 1.58 bits per heavy atom. The first kappa shape index (κ1) is 23.9. The lowest BCUT2D eigenvalue weighted by Gasteiger charge is -2.30. The third-order valence-corrected chi connectivity index (χ3v) is 7.14. The Morgan fingerprint density at radius 1 is 0.861 bits per heavy atom. The van der Waals surface area contributed by atoms with Crippen molar-refractivity contribution in [1.29, 1.82) is 0 Å². The minimum atomic E-state index is -0.136. The highest BCUT2D eigenvalue weighted by molar-refractivity contribution is 8.04. The SMILES string of the molecule is O=C(NCc1ccccc1)c1ccc(/C=C2/Sc3ccccc3N(Cc3cccc(Cl)c3)C2=O)cc1. The van der Waals surface area contributed by atoms with Crippen LogP contribution in [0.5, 0.6) is 0 Å². The molecule has 1 aliphatic heterocycles. The van der Waals surface area contributed by atoms with E-state index in [4.69, 9.17) is 11.6 Å². The Labute approximate surface area is 219 Å². The van der Waals surface area contributed by atoms with Crippen molar-refractivity contribution >= 4 is 46.9 Å². The molecular weight excluding hydrogens is 488 g/mol. The maximum Gasteiger partial charge on any atom is 0.265 e. The van der Waals surface area contributed by atoms with Crippen molar-refractivity contribution in [2.24, 2.45) is 0 Å². The summed E-state index contributed by atoms with van der Waals surface area (Å²) in [5.74, 6) is -0.203. The summed E-state index contributed by atoms with van der Waals surface area (Å²) in [6.45, 7) is 0.896. The molecule has 0 radical (unpaired) electrons. The summed E-state index contributed by atoms with van der Waals surface area (Å²) in [6, 6.07) is 32.5. The van der Waals surface area contributed by atoms with Crippen LogP contribution >= 0.6 is 23.4 Å². The fraction of sp³-hybridized carbons (Fsp3) is 0.0667. The molecule has 1 aliphatic rings. The number of para-hydroxylation sites is 1. The number of anilines is 1. The highest BCUT2D eigenvalue weighted by Gasteiger charge is 2.29. The first-order valence-electron chi connectivity index (χ1n) is 11.5. The Hall–Kier alpha value is -3.80. The molecule has 0 fully saturated rings. The van der Waals surface area contributed by atoms with Crippen LogP contribution < -0.4 is 10.2 Å². The summed E-state index contributed by atoms with van der Waals surface area (Å²) < 4.78 is 0. The second kappa shape index (κ2) is 10.9. The molecule has 2 amide bonds. The van der Waals surface area contributed by atoms with Gasteiger partial charge in [-0.1, -0.05) is 90.1 Å². The van der Waals surface area contributed by atoms with E-state index < -0.39 is 0 Å². The van der Waals surface area contributed by atoms with E-state index in [1.165, 1.54) is 11.8 Å². The van der Waals surface area contributed by atoms with E-state index in [9.17, 15) is 9.59 Å². The molecule has 0 atom stereocenters. The molecule has 6 heteroatoms. The van der Waals surface area contributed by atoms with E-state index in [1.807, 2.05) is 97.1 Å². The first-order chi connectivity index (χ1) is 17.6. The molecule has 36 heavy (non-hydrogen) atoms. The van der Waals surface area contributed by atoms with Gasteiger partial charge in [-0.3, -0.25) is 9.59 Å². The summed E-state index contributed by atoms with van der Waals surface area (Å²) in [6.07, 6.45) is 1.87. The number of carbonyl (C=O) groups excluding carboxylic acids is 2. The molecular formula is C30H23ClN2O2S. The van der Waals surface area contributed by atoms with Gasteiger partial charge < -0.3 is 10.2 Å². The normalized spacial score (nSPS) is 14.0. The predicted molar refractivity (Wildman–Crippen MR) is 147 cm³/mol. The quantitative estimate of drug-likeness (QED) is 0.285. The Bertz CT molecular complexity index is 1440. The van der Waals surface area contributed by atoms with Gasteiger partial charge in [-0.2, -0.15) is 0 Å². The summed E-state index contributed by atoms with van der Waals surface area (Å²) in [5, 5.41) is 3.58. The zero-order valence-corrected chi connectivity index (χ0v) is 20.9. The topological polar surface area (TPSA) is 49.4 Å². The Kier molecular flexibility index (Phi) is 7.21. The number of rotatable bonds is 6. The molecule has 0 bridgehead atoms. The van der Waals surface area contributed by atoms with Crippen LogP contribution in [0.1, 0.15) is 27.0 Å². The summed E-state index contributed by atoms with van der Waals surface area (Å²) in [7, 11) is 0. The van der Waals surface area contributed by atoms with Gasteiger partial charge in [0, 0.05) is 22.0 Å². The van der Waals surface area contributed by atoms with E-state index in [2.05, 4.69) is 5.32 Å². The van der Waals surface area contributed by atoms with Gasteiger partial charge in [-0.05, 0) is 59.2 Å². The van der Waals surface area contributed by atoms with Gasteiger partial charge in [0.1, 0.15) is 0 Å². The molecule has 0 aromatic heterocycles. The minimum Gasteiger partial charge on any atom is -0.348 e. The number of fused-ring (bicyclic) bond motifs is 1. The van der Waals surface area contributed by atoms with Gasteiger partial charge in [0.2, 0.25) is 0 Å². The zero-order valence-electron chi connectivity index (χ0n) is 19.4. The van der Waals surface area contributed by atoms with Crippen molar-refractivity contribution in [3.8, 4) is 0 Å². The van der Waals surface area contributed by atoms with Crippen molar-refractivity contribution in [3.63, 3.8) is 0 Å². The van der Waals surface area contributed by atoms with Gasteiger partial charge in [-0.15, -0.1) is 0 Å². The van der Waals surface area contributed by atoms with Crippen LogP contribution in [0.15, 0.2) is 113 Å². The molecule has 4 aromatic carbocycles. The monoisotopic (exact) mass is 510 g/mol. The highest BCUT2D eigenvalue weighted by atomic mass is 35.5. The van der Waals surface area contributed by atoms with E-state index in [1.54, 1.807) is 17.0 Å². The van der Waals surface area contributed by atoms with Crippen LogP contribution in [0.2, 0.25) is 5.02 Å². The fourth-order valence-corrected chi connectivity index (χ4v) is 5.27. The Morgan fingerprint density at radius 3 is 2.36 bits per heavy atom. The lowest BCUT2D eigenvalue weighted by molar-refractivity contribution is -0.114. The Balaban J connectivity index is 1.34. The first-order valence-corrected chi connectivity index (χ1v) is 12.7. The van der Waals surface area contributed by atoms with Crippen molar-refractivity contribution in [3.05, 3.63) is 135 Å². The van der Waals surface area contributed by atoms with E-state index in [0.717, 1.165) is 27.3 Å². The lowest BCUT2D eigenvalue weighted by Crippen LogP contribution is -2.33. The van der Waals surface area contributed by atoms with Gasteiger partial charge in [0.05, 0.1) is 17.1 Å². The van der Waals surface area contributed by atoms with Crippen molar-refractivity contribution < 1.29 is 9.59 Å². The second-order valence-electron chi connectivity index (χ2n) is 8.39. The molecule has 0 aliphatic carbocycles. The van der Waals surface area contributed by atoms with Crippen LogP contribution in [0.4, 0.5) is 5.69 Å². The van der Waals surface area contributed by atoms with Crippen LogP contribution in [-0.2, 0) is 17.9 Å². The number of halogens is 1. The van der Waals surface area contributed by atoms with Gasteiger partial charge in [0.15, 0.2) is 0 Å². The maximum atomic E-state index is 13.5. The number of thioether (sulfide) groups is 1. The molecule has 4 aromatic rings. The standard InChI is InChI=1S/C30H23ClN2O2S/c31-25-10-6-9-23(17-25)20-33-26-11-4-5-12-27(26)36-28(30(33)35)18-21-13-15-24(16-14-21)29(34)32-19-22-7-2-1-3-8-22/h1-18H,19-20H2,(H,32,34)/b28-18+. The van der Waals surface area contributed by atoms with Crippen LogP contribution in [-0.4, -0.2) is 11.8 Å². The largest absolute Gasteiger partial charge is 0.348 e. The maximum absolute atomic E-state index is 13.5. The summed E-state index contributed by atoms with van der Waals surface area (Å²) in [4.78, 5) is 29.5. The van der Waals surface area contributed by atoms with Gasteiger partial charge in [-0.25, -0.2) is 0 Å². The fourth-order valence-electron chi connectivity index (χ4n) is 4.00. The molecule has 1 heterocycles. The number of benzene rings is 4. The molecule has 0 unspecified atom stereocenters. The third-order valence-electron chi connectivity index (χ3n) is 5.83. The molecule has 4 nitrogen and oxygen atoms in total. The highest BCUT2D eigenvalue weighted by Crippen LogP contribution is 2.42. The molecule has 178 valence electrons. The lowest BCUT2D eigenvalue weighted by atomic mass is 10.1. The van der Waals surface area contributed by atoms with Gasteiger partial charge in [0.25, 0.3) is 11.8 Å². The van der Waals surface area contributed by atoms with Crippen LogP contribution in [0.3, 0.4) is 0 Å². The predicted octanol–water partition coefficient (Wildman–Crippen LogP) is 6.95. The smallest absolute Gasteiger partial charge is 0.265 e. The van der Waals surface area contributed by atoms with Crippen molar-refractivity contribution in [2.45, 2.75) is 18.0 Å². The number of amides is 2. The number of hydrogen-bond acceptors (Lipinski definition) is 3. The second-order valence-corrected chi connectivity index (χ2v) is 9.91. The van der Waals surface area contributed by atoms with Crippen molar-refractivity contribution in [2.75, 3.05) is 4.90 Å². The number of hydrogen-bond donors (Lipinski definition) is 1. The van der Waals surface area contributed by atoms with Crippen LogP contribution in [0, 0.1) is 0 Å². The minimum absolute atomic E-state index is 0.0663. The number of nitrogens with one attached hydrogen (secondary N) is 1. The van der Waals surface area contributed by atoms with E-state index >= 15 is 0 Å². The average molecular weight is 511 g/mol.